The van der Waals surface area contributed by atoms with E-state index in [9.17, 15) is 4.79 Å². The number of piperidine rings is 1. The number of hydrogen-bond acceptors (Lipinski definition) is 5. The fourth-order valence-electron chi connectivity index (χ4n) is 4.53. The number of amides is 1. The minimum absolute atomic E-state index is 0.257. The number of hydrogen-bond donors (Lipinski definition) is 2. The standard InChI is InChI=1S/C19H20N4O2S/c20-19(24)17-14-3-1-2-4-15(14)23(16-5-6-21-26-16)18(17)11-7-12-9-25-10-13(8-11)22-12/h1-6,11-13,22H,7-10H2,(H2,20,24). The molecule has 3 aromatic rings. The molecule has 2 unspecified atom stereocenters. The van der Waals surface area contributed by atoms with E-state index in [1.54, 1.807) is 6.20 Å². The van der Waals surface area contributed by atoms with Gasteiger partial charge in [0.15, 0.2) is 0 Å². The Labute approximate surface area is 155 Å². The molecule has 5 rings (SSSR count). The van der Waals surface area contributed by atoms with Crippen molar-refractivity contribution in [1.82, 2.24) is 14.3 Å². The molecule has 7 heteroatoms. The van der Waals surface area contributed by atoms with Gasteiger partial charge in [0.2, 0.25) is 0 Å². The van der Waals surface area contributed by atoms with Gasteiger partial charge in [-0.05, 0) is 36.5 Å². The first-order valence-corrected chi connectivity index (χ1v) is 9.67. The lowest BCUT2D eigenvalue weighted by Crippen LogP contribution is -2.53. The molecule has 2 bridgehead atoms. The number of rotatable bonds is 3. The number of carbonyl (C=O) groups excluding carboxylic acids is 1. The first kappa shape index (κ1) is 16.0. The third-order valence-corrected chi connectivity index (χ3v) is 6.17. The summed E-state index contributed by atoms with van der Waals surface area (Å²) in [6.45, 7) is 1.44. The highest BCUT2D eigenvalue weighted by Gasteiger charge is 2.37. The Kier molecular flexibility index (Phi) is 3.81. The van der Waals surface area contributed by atoms with E-state index in [-0.39, 0.29) is 11.8 Å². The first-order chi connectivity index (χ1) is 12.7. The van der Waals surface area contributed by atoms with Gasteiger partial charge in [-0.3, -0.25) is 4.79 Å². The number of morpholine rings is 1. The zero-order valence-electron chi connectivity index (χ0n) is 14.2. The molecule has 3 N–H and O–H groups in total. The van der Waals surface area contributed by atoms with Crippen LogP contribution in [0.15, 0.2) is 36.5 Å². The van der Waals surface area contributed by atoms with Crippen LogP contribution in [0.25, 0.3) is 15.9 Å². The van der Waals surface area contributed by atoms with E-state index in [0.717, 1.165) is 47.7 Å². The van der Waals surface area contributed by atoms with Crippen molar-refractivity contribution in [2.24, 2.45) is 5.73 Å². The molecule has 2 atom stereocenters. The van der Waals surface area contributed by atoms with Crippen molar-refractivity contribution in [3.63, 3.8) is 0 Å². The maximum absolute atomic E-state index is 12.5. The van der Waals surface area contributed by atoms with Crippen LogP contribution in [-0.2, 0) is 4.74 Å². The average molecular weight is 368 g/mol. The molecule has 4 heterocycles. The van der Waals surface area contributed by atoms with E-state index >= 15 is 0 Å². The SMILES string of the molecule is NC(=O)c1c(C2CC3COCC(C2)N3)n(-c2ccns2)c2ccccc12. The summed E-state index contributed by atoms with van der Waals surface area (Å²) in [5, 5.41) is 5.57. The summed E-state index contributed by atoms with van der Waals surface area (Å²) >= 11 is 1.44. The highest BCUT2D eigenvalue weighted by Crippen LogP contribution is 2.40. The molecule has 2 aromatic heterocycles. The monoisotopic (exact) mass is 368 g/mol. The predicted molar refractivity (Wildman–Crippen MR) is 101 cm³/mol. The van der Waals surface area contributed by atoms with E-state index in [1.165, 1.54) is 11.5 Å². The summed E-state index contributed by atoms with van der Waals surface area (Å²) < 4.78 is 12.2. The average Bonchev–Trinajstić information content (AvgIpc) is 3.26. The molecule has 1 aromatic carbocycles. The molecule has 2 fully saturated rings. The van der Waals surface area contributed by atoms with Crippen LogP contribution in [0.3, 0.4) is 0 Å². The fourth-order valence-corrected chi connectivity index (χ4v) is 5.16. The number of carbonyl (C=O) groups is 1. The fraction of sp³-hybridized carbons (Fsp3) is 0.368. The molecular weight excluding hydrogens is 348 g/mol. The maximum atomic E-state index is 12.5. The molecule has 26 heavy (non-hydrogen) atoms. The van der Waals surface area contributed by atoms with Gasteiger partial charge in [0.25, 0.3) is 5.91 Å². The number of nitrogens with zero attached hydrogens (tertiary/aromatic N) is 2. The molecular formula is C19H20N4O2S. The number of primary amides is 1. The van der Waals surface area contributed by atoms with Gasteiger partial charge < -0.3 is 20.4 Å². The van der Waals surface area contributed by atoms with Crippen molar-refractivity contribution >= 4 is 28.3 Å². The summed E-state index contributed by atoms with van der Waals surface area (Å²) in [6, 6.07) is 10.6. The molecule has 2 aliphatic heterocycles. The van der Waals surface area contributed by atoms with Gasteiger partial charge in [-0.25, -0.2) is 0 Å². The van der Waals surface area contributed by atoms with E-state index < -0.39 is 0 Å². The van der Waals surface area contributed by atoms with Crippen molar-refractivity contribution < 1.29 is 9.53 Å². The second-order valence-electron chi connectivity index (χ2n) is 7.09. The summed E-state index contributed by atoms with van der Waals surface area (Å²) in [5.74, 6) is -0.105. The minimum atomic E-state index is -0.362. The van der Waals surface area contributed by atoms with Crippen molar-refractivity contribution in [2.45, 2.75) is 30.8 Å². The molecule has 2 aliphatic rings. The summed E-state index contributed by atoms with van der Waals surface area (Å²) in [6.07, 6.45) is 3.67. The Morgan fingerprint density at radius 3 is 2.69 bits per heavy atom. The highest BCUT2D eigenvalue weighted by molar-refractivity contribution is 7.08. The lowest BCUT2D eigenvalue weighted by Gasteiger charge is -2.40. The van der Waals surface area contributed by atoms with Crippen LogP contribution < -0.4 is 11.1 Å². The van der Waals surface area contributed by atoms with Crippen LogP contribution in [0.1, 0.15) is 34.8 Å². The number of benzene rings is 1. The molecule has 0 aliphatic carbocycles. The summed E-state index contributed by atoms with van der Waals surface area (Å²) in [7, 11) is 0. The van der Waals surface area contributed by atoms with E-state index in [4.69, 9.17) is 10.5 Å². The summed E-state index contributed by atoms with van der Waals surface area (Å²) in [5.41, 5.74) is 8.56. The summed E-state index contributed by atoms with van der Waals surface area (Å²) in [4.78, 5) is 12.5. The molecule has 6 nitrogen and oxygen atoms in total. The van der Waals surface area contributed by atoms with Crippen LogP contribution in [-0.4, -0.2) is 40.1 Å². The lowest BCUT2D eigenvalue weighted by molar-refractivity contribution is 0.0174. The Morgan fingerprint density at radius 1 is 1.23 bits per heavy atom. The van der Waals surface area contributed by atoms with Gasteiger partial charge in [-0.15, -0.1) is 0 Å². The zero-order chi connectivity index (χ0) is 17.7. The van der Waals surface area contributed by atoms with Gasteiger partial charge in [-0.2, -0.15) is 4.37 Å². The predicted octanol–water partition coefficient (Wildman–Crippen LogP) is 2.42. The van der Waals surface area contributed by atoms with E-state index in [2.05, 4.69) is 20.3 Å². The highest BCUT2D eigenvalue weighted by atomic mass is 32.1. The Balaban J connectivity index is 1.76. The molecule has 134 valence electrons. The van der Waals surface area contributed by atoms with Crippen molar-refractivity contribution in [2.75, 3.05) is 13.2 Å². The molecule has 2 saturated heterocycles. The molecule has 1 amide bonds. The third-order valence-electron chi connectivity index (χ3n) is 5.44. The van der Waals surface area contributed by atoms with Crippen molar-refractivity contribution in [3.8, 4) is 5.00 Å². The first-order valence-electron chi connectivity index (χ1n) is 8.90. The maximum Gasteiger partial charge on any atom is 0.251 e. The minimum Gasteiger partial charge on any atom is -0.378 e. The zero-order valence-corrected chi connectivity index (χ0v) is 15.0. The lowest BCUT2D eigenvalue weighted by atomic mass is 9.83. The van der Waals surface area contributed by atoms with Crippen LogP contribution in [0.5, 0.6) is 0 Å². The normalized spacial score (nSPS) is 25.5. The largest absolute Gasteiger partial charge is 0.378 e. The number of ether oxygens (including phenoxy) is 1. The van der Waals surface area contributed by atoms with Crippen molar-refractivity contribution in [1.29, 1.82) is 0 Å². The van der Waals surface area contributed by atoms with Gasteiger partial charge >= 0.3 is 0 Å². The van der Waals surface area contributed by atoms with Gasteiger partial charge in [-0.1, -0.05) is 18.2 Å². The Morgan fingerprint density at radius 2 is 2.00 bits per heavy atom. The number of aromatic nitrogens is 2. The van der Waals surface area contributed by atoms with Gasteiger partial charge in [0, 0.05) is 35.3 Å². The van der Waals surface area contributed by atoms with Gasteiger partial charge in [0.1, 0.15) is 5.00 Å². The number of nitrogens with one attached hydrogen (secondary N) is 1. The molecule has 0 saturated carbocycles. The number of fused-ring (bicyclic) bond motifs is 3. The second kappa shape index (κ2) is 6.19. The van der Waals surface area contributed by atoms with Crippen LogP contribution in [0.2, 0.25) is 0 Å². The third kappa shape index (κ3) is 2.46. The van der Waals surface area contributed by atoms with Gasteiger partial charge in [0.05, 0.1) is 24.3 Å². The quantitative estimate of drug-likeness (QED) is 0.744. The number of nitrogens with two attached hydrogens (primary N) is 1. The topological polar surface area (TPSA) is 82.2 Å². The number of para-hydroxylation sites is 1. The molecule has 0 radical (unpaired) electrons. The smallest absolute Gasteiger partial charge is 0.251 e. The van der Waals surface area contributed by atoms with Crippen LogP contribution >= 0.6 is 11.5 Å². The Hall–Kier alpha value is -2.22. The Bertz CT molecular complexity index is 953. The van der Waals surface area contributed by atoms with E-state index in [1.807, 2.05) is 24.3 Å². The van der Waals surface area contributed by atoms with Crippen LogP contribution in [0.4, 0.5) is 0 Å². The van der Waals surface area contributed by atoms with E-state index in [0.29, 0.717) is 17.6 Å². The molecule has 0 spiro atoms. The van der Waals surface area contributed by atoms with Crippen molar-refractivity contribution in [3.05, 3.63) is 47.8 Å². The second-order valence-corrected chi connectivity index (χ2v) is 7.91. The van der Waals surface area contributed by atoms with Crippen LogP contribution in [0, 0.1) is 0 Å².